The molecule has 6 rings (SSSR count). The highest BCUT2D eigenvalue weighted by atomic mass is 19.1. The topological polar surface area (TPSA) is 75.9 Å². The van der Waals surface area contributed by atoms with Crippen LogP contribution < -0.4 is 5.32 Å². The fourth-order valence-corrected chi connectivity index (χ4v) is 4.82. The van der Waals surface area contributed by atoms with E-state index in [0.717, 1.165) is 24.0 Å². The van der Waals surface area contributed by atoms with Crippen LogP contribution in [0.2, 0.25) is 0 Å². The van der Waals surface area contributed by atoms with Gasteiger partial charge in [-0.1, -0.05) is 6.07 Å². The summed E-state index contributed by atoms with van der Waals surface area (Å²) in [7, 11) is 1.72. The Morgan fingerprint density at radius 3 is 2.93 bits per heavy atom. The van der Waals surface area contributed by atoms with E-state index in [0.29, 0.717) is 28.1 Å². The maximum atomic E-state index is 14.6. The number of hydrogen-bond donors (Lipinski definition) is 2. The van der Waals surface area contributed by atoms with Crippen molar-refractivity contribution in [3.05, 3.63) is 48.0 Å². The number of aromatic nitrogens is 4. The second-order valence-corrected chi connectivity index (χ2v) is 8.73. The van der Waals surface area contributed by atoms with Gasteiger partial charge < -0.3 is 10.4 Å². The van der Waals surface area contributed by atoms with Crippen molar-refractivity contribution in [1.29, 1.82) is 0 Å². The van der Waals surface area contributed by atoms with Crippen molar-refractivity contribution in [3.8, 4) is 17.0 Å². The Hall–Kier alpha value is -3.06. The highest BCUT2D eigenvalue weighted by Gasteiger charge is 2.45. The van der Waals surface area contributed by atoms with Crippen LogP contribution in [0, 0.1) is 5.82 Å². The van der Waals surface area contributed by atoms with Crippen molar-refractivity contribution in [2.45, 2.75) is 37.1 Å². The molecule has 1 atom stereocenters. The van der Waals surface area contributed by atoms with E-state index in [1.807, 2.05) is 6.07 Å². The van der Waals surface area contributed by atoms with E-state index >= 15 is 0 Å². The van der Waals surface area contributed by atoms with E-state index in [4.69, 9.17) is 0 Å². The number of phenolic OH excluding ortho intramolecular Hbond substituents is 1. The van der Waals surface area contributed by atoms with Crippen LogP contribution >= 0.6 is 0 Å². The van der Waals surface area contributed by atoms with Gasteiger partial charge in [-0.15, -0.1) is 0 Å². The number of fused-ring (bicyclic) bond motifs is 2. The lowest BCUT2D eigenvalue weighted by Gasteiger charge is -2.30. The minimum atomic E-state index is -0.736. The molecule has 1 aliphatic heterocycles. The van der Waals surface area contributed by atoms with Crippen LogP contribution in [-0.4, -0.2) is 36.9 Å². The molecule has 2 aliphatic rings. The van der Waals surface area contributed by atoms with Crippen LogP contribution in [0.1, 0.15) is 37.2 Å². The summed E-state index contributed by atoms with van der Waals surface area (Å²) in [6.07, 6.45) is 8.20. The van der Waals surface area contributed by atoms with Crippen LogP contribution in [0.4, 0.5) is 4.39 Å². The minimum absolute atomic E-state index is 0.146. The summed E-state index contributed by atoms with van der Waals surface area (Å²) in [5.41, 5.74) is 4.15. The summed E-state index contributed by atoms with van der Waals surface area (Å²) in [6.45, 7) is 1.06. The van der Waals surface area contributed by atoms with E-state index < -0.39 is 11.6 Å². The highest BCUT2D eigenvalue weighted by Crippen LogP contribution is 2.47. The average molecular weight is 403 g/mol. The third-order valence-electron chi connectivity index (χ3n) is 6.63. The lowest BCUT2D eigenvalue weighted by molar-refractivity contribution is 0.346. The normalized spacial score (nSPS) is 20.3. The molecular formula is C23H22FN5O. The molecule has 7 heteroatoms. The molecule has 6 nitrogen and oxygen atoms in total. The van der Waals surface area contributed by atoms with Gasteiger partial charge in [0.25, 0.3) is 0 Å². The standard InChI is InChI=1S/C23H22FN5O/c1-29-12-15-8-16(22(30)20(24)21(15)28-29)19-11-25-18-9-13(2-3-17(18)27-19)14-4-7-26-23(10-14)5-6-23/h2-3,8-9,11-12,14,26,30H,4-7,10H2,1H3/t14-/m0/s1. The van der Waals surface area contributed by atoms with Gasteiger partial charge in [-0.05, 0) is 61.9 Å². The first-order valence-electron chi connectivity index (χ1n) is 10.4. The predicted molar refractivity (Wildman–Crippen MR) is 113 cm³/mol. The molecule has 2 aromatic carbocycles. The molecule has 1 aliphatic carbocycles. The van der Waals surface area contributed by atoms with Gasteiger partial charge in [0.15, 0.2) is 11.6 Å². The second-order valence-electron chi connectivity index (χ2n) is 8.73. The van der Waals surface area contributed by atoms with Crippen LogP contribution in [0.5, 0.6) is 5.75 Å². The van der Waals surface area contributed by atoms with Crippen molar-refractivity contribution in [1.82, 2.24) is 25.1 Å². The molecule has 2 aromatic heterocycles. The van der Waals surface area contributed by atoms with E-state index in [1.54, 1.807) is 25.5 Å². The first-order valence-corrected chi connectivity index (χ1v) is 10.4. The number of rotatable bonds is 2. The summed E-state index contributed by atoms with van der Waals surface area (Å²) in [6, 6.07) is 7.95. The number of aryl methyl sites for hydroxylation is 1. The van der Waals surface area contributed by atoms with Gasteiger partial charge in [-0.25, -0.2) is 9.37 Å². The monoisotopic (exact) mass is 403 g/mol. The lowest BCUT2D eigenvalue weighted by atomic mass is 9.85. The molecule has 2 fully saturated rings. The van der Waals surface area contributed by atoms with Gasteiger partial charge in [0.05, 0.1) is 22.9 Å². The number of phenols is 1. The summed E-state index contributed by atoms with van der Waals surface area (Å²) < 4.78 is 16.1. The van der Waals surface area contributed by atoms with Crippen molar-refractivity contribution >= 4 is 21.9 Å². The van der Waals surface area contributed by atoms with Gasteiger partial charge in [0.1, 0.15) is 5.52 Å². The largest absolute Gasteiger partial charge is 0.504 e. The molecule has 3 heterocycles. The molecule has 0 radical (unpaired) electrons. The fourth-order valence-electron chi connectivity index (χ4n) is 4.82. The number of hydrogen-bond acceptors (Lipinski definition) is 5. The van der Waals surface area contributed by atoms with Crippen molar-refractivity contribution in [2.75, 3.05) is 6.54 Å². The van der Waals surface area contributed by atoms with Crippen LogP contribution in [0.3, 0.4) is 0 Å². The Bertz CT molecular complexity index is 1310. The molecule has 152 valence electrons. The molecule has 30 heavy (non-hydrogen) atoms. The Kier molecular flexibility index (Phi) is 3.68. The van der Waals surface area contributed by atoms with Crippen molar-refractivity contribution < 1.29 is 9.50 Å². The van der Waals surface area contributed by atoms with Gasteiger partial charge in [0, 0.05) is 29.7 Å². The van der Waals surface area contributed by atoms with E-state index in [9.17, 15) is 9.50 Å². The fraction of sp³-hybridized carbons (Fsp3) is 0.348. The first-order chi connectivity index (χ1) is 14.5. The predicted octanol–water partition coefficient (Wildman–Crippen LogP) is 4.03. The number of nitrogens with one attached hydrogen (secondary N) is 1. The molecule has 1 spiro atoms. The zero-order valence-electron chi connectivity index (χ0n) is 16.7. The van der Waals surface area contributed by atoms with Crippen LogP contribution in [0.15, 0.2) is 36.7 Å². The smallest absolute Gasteiger partial charge is 0.193 e. The summed E-state index contributed by atoms with van der Waals surface area (Å²) >= 11 is 0. The molecule has 2 N–H and O–H groups in total. The average Bonchev–Trinajstić information content (AvgIpc) is 3.38. The second kappa shape index (κ2) is 6.22. The van der Waals surface area contributed by atoms with Crippen LogP contribution in [-0.2, 0) is 7.05 Å². The molecule has 0 bridgehead atoms. The molecule has 0 unspecified atom stereocenters. The molecule has 1 saturated heterocycles. The van der Waals surface area contributed by atoms with E-state index in [1.165, 1.54) is 29.5 Å². The number of nitrogens with zero attached hydrogens (tertiary/aromatic N) is 4. The van der Waals surface area contributed by atoms with E-state index in [2.05, 4.69) is 32.5 Å². The summed E-state index contributed by atoms with van der Waals surface area (Å²) in [5, 5.41) is 18.7. The highest BCUT2D eigenvalue weighted by molar-refractivity contribution is 5.88. The quantitative estimate of drug-likeness (QED) is 0.529. The van der Waals surface area contributed by atoms with Gasteiger partial charge in [-0.3, -0.25) is 9.67 Å². The number of halogens is 1. The number of piperidine rings is 1. The molecule has 1 saturated carbocycles. The van der Waals surface area contributed by atoms with Crippen LogP contribution in [0.25, 0.3) is 33.2 Å². The van der Waals surface area contributed by atoms with Gasteiger partial charge in [0.2, 0.25) is 0 Å². The molecular weight excluding hydrogens is 381 g/mol. The van der Waals surface area contributed by atoms with Gasteiger partial charge >= 0.3 is 0 Å². The zero-order chi connectivity index (χ0) is 20.5. The first kappa shape index (κ1) is 17.8. The third kappa shape index (κ3) is 2.76. The number of benzene rings is 2. The minimum Gasteiger partial charge on any atom is -0.504 e. The Morgan fingerprint density at radius 1 is 1.23 bits per heavy atom. The SMILES string of the molecule is Cn1cc2cc(-c3cnc4cc([C@H]5CCNC6(CC6)C5)ccc4n3)c(O)c(F)c2n1. The molecule has 0 amide bonds. The Balaban J connectivity index is 1.39. The van der Waals surface area contributed by atoms with Gasteiger partial charge in [-0.2, -0.15) is 5.10 Å². The Labute approximate surface area is 172 Å². The number of aromatic hydroxyl groups is 1. The van der Waals surface area contributed by atoms with E-state index in [-0.39, 0.29) is 5.52 Å². The Morgan fingerprint density at radius 2 is 2.10 bits per heavy atom. The summed E-state index contributed by atoms with van der Waals surface area (Å²) in [5.74, 6) is -0.637. The lowest BCUT2D eigenvalue weighted by Crippen LogP contribution is -2.39. The molecule has 4 aromatic rings. The maximum Gasteiger partial charge on any atom is 0.193 e. The van der Waals surface area contributed by atoms with Crippen molar-refractivity contribution in [3.63, 3.8) is 0 Å². The maximum absolute atomic E-state index is 14.6. The third-order valence-corrected chi connectivity index (χ3v) is 6.63. The zero-order valence-corrected chi connectivity index (χ0v) is 16.7. The summed E-state index contributed by atoms with van der Waals surface area (Å²) in [4.78, 5) is 9.25. The van der Waals surface area contributed by atoms with Crippen molar-refractivity contribution in [2.24, 2.45) is 7.05 Å².